The van der Waals surface area contributed by atoms with E-state index in [9.17, 15) is 10.1 Å². The van der Waals surface area contributed by atoms with Crippen molar-refractivity contribution in [2.45, 2.75) is 0 Å². The molecule has 0 radical (unpaired) electrons. The zero-order valence-corrected chi connectivity index (χ0v) is 14.5. The minimum atomic E-state index is -0.537. The van der Waals surface area contributed by atoms with Crippen LogP contribution in [0.15, 0.2) is 82.3 Å². The smallest absolute Gasteiger partial charge is 0.276 e. The van der Waals surface area contributed by atoms with Crippen LogP contribution in [0.25, 0.3) is 0 Å². The van der Waals surface area contributed by atoms with Crippen LogP contribution in [0.2, 0.25) is 5.02 Å². The van der Waals surface area contributed by atoms with Gasteiger partial charge in [0.15, 0.2) is 5.82 Å². The fourth-order valence-corrected chi connectivity index (χ4v) is 2.04. The van der Waals surface area contributed by atoms with E-state index in [1.165, 1.54) is 12.1 Å². The lowest BCUT2D eigenvalue weighted by Crippen LogP contribution is -2.03. The molecule has 0 spiro atoms. The second kappa shape index (κ2) is 8.59. The monoisotopic (exact) mass is 381 g/mol. The van der Waals surface area contributed by atoms with Crippen molar-refractivity contribution in [3.63, 3.8) is 0 Å². The summed E-state index contributed by atoms with van der Waals surface area (Å²) in [5.41, 5.74) is 3.92. The molecule has 2 aromatic heterocycles. The van der Waals surface area contributed by atoms with Crippen molar-refractivity contribution in [3.05, 3.63) is 87.8 Å². The second-order valence-electron chi connectivity index (χ2n) is 5.10. The molecule has 134 valence electrons. The van der Waals surface area contributed by atoms with Gasteiger partial charge in [-0.1, -0.05) is 17.7 Å². The number of azo groups is 1. The predicted octanol–water partition coefficient (Wildman–Crippen LogP) is 4.60. The molecule has 0 aliphatic heterocycles. The van der Waals surface area contributed by atoms with Gasteiger partial charge in [0.25, 0.3) is 5.69 Å². The van der Waals surface area contributed by atoms with Gasteiger partial charge in [0.2, 0.25) is 5.84 Å². The molecule has 0 fully saturated rings. The number of halogens is 1. The van der Waals surface area contributed by atoms with Crippen LogP contribution in [0, 0.1) is 10.1 Å². The van der Waals surface area contributed by atoms with Crippen molar-refractivity contribution in [3.8, 4) is 0 Å². The van der Waals surface area contributed by atoms with Gasteiger partial charge in [0.05, 0.1) is 10.6 Å². The quantitative estimate of drug-likeness (QED) is 0.228. The zero-order chi connectivity index (χ0) is 19.1. The van der Waals surface area contributed by atoms with Gasteiger partial charge in [-0.05, 0) is 42.5 Å². The van der Waals surface area contributed by atoms with Crippen molar-refractivity contribution < 1.29 is 4.92 Å². The maximum atomic E-state index is 10.7. The summed E-state index contributed by atoms with van der Waals surface area (Å²) >= 11 is 5.86. The summed E-state index contributed by atoms with van der Waals surface area (Å²) < 4.78 is 0. The average molecular weight is 382 g/mol. The van der Waals surface area contributed by atoms with E-state index in [0.29, 0.717) is 16.4 Å². The summed E-state index contributed by atoms with van der Waals surface area (Å²) in [5.74, 6) is 0.418. The van der Waals surface area contributed by atoms with E-state index in [1.54, 1.807) is 48.7 Å². The van der Waals surface area contributed by atoms with Crippen molar-refractivity contribution in [1.29, 1.82) is 0 Å². The topological polar surface area (TPSA) is 118 Å². The van der Waals surface area contributed by atoms with Crippen molar-refractivity contribution in [1.82, 2.24) is 9.97 Å². The van der Waals surface area contributed by atoms with E-state index in [4.69, 9.17) is 11.6 Å². The van der Waals surface area contributed by atoms with Gasteiger partial charge in [0.1, 0.15) is 11.9 Å². The molecular formula is C17H12ClN7O2. The van der Waals surface area contributed by atoms with E-state index in [-0.39, 0.29) is 17.3 Å². The van der Waals surface area contributed by atoms with Crippen LogP contribution in [0.1, 0.15) is 5.69 Å². The molecule has 0 saturated carbocycles. The molecule has 3 rings (SSSR count). The first-order valence-electron chi connectivity index (χ1n) is 7.65. The van der Waals surface area contributed by atoms with E-state index >= 15 is 0 Å². The Bertz CT molecular complexity index is 974. The predicted molar refractivity (Wildman–Crippen MR) is 101 cm³/mol. The molecule has 10 heteroatoms. The molecule has 0 atom stereocenters. The Morgan fingerprint density at radius 2 is 1.89 bits per heavy atom. The summed E-state index contributed by atoms with van der Waals surface area (Å²) in [6.07, 6.45) is 2.71. The van der Waals surface area contributed by atoms with Gasteiger partial charge in [-0.25, -0.2) is 4.98 Å². The van der Waals surface area contributed by atoms with Gasteiger partial charge < -0.3 is 0 Å². The lowest BCUT2D eigenvalue weighted by atomic mass is 10.3. The number of amidine groups is 1. The Labute approximate surface area is 158 Å². The first-order valence-corrected chi connectivity index (χ1v) is 8.02. The molecule has 0 amide bonds. The van der Waals surface area contributed by atoms with E-state index in [1.807, 2.05) is 0 Å². The Morgan fingerprint density at radius 3 is 2.52 bits per heavy atom. The van der Waals surface area contributed by atoms with Crippen molar-refractivity contribution in [2.24, 2.45) is 15.3 Å². The highest BCUT2D eigenvalue weighted by atomic mass is 35.5. The van der Waals surface area contributed by atoms with Crippen molar-refractivity contribution >= 4 is 34.6 Å². The number of nitrogens with one attached hydrogen (secondary N) is 1. The van der Waals surface area contributed by atoms with Crippen LogP contribution in [-0.4, -0.2) is 20.7 Å². The maximum absolute atomic E-state index is 10.7. The molecule has 0 unspecified atom stereocenters. The standard InChI is InChI=1S/C17H12ClN7O2/c18-12-4-6-13(7-5-12)21-23-17(15-3-1-2-10-19-15)24-22-16-9-8-14(11-20-16)25(26)27/h1-11,21H. The Kier molecular flexibility index (Phi) is 5.75. The van der Waals surface area contributed by atoms with Gasteiger partial charge >= 0.3 is 0 Å². The number of hydrazone groups is 1. The largest absolute Gasteiger partial charge is 0.287 e. The highest BCUT2D eigenvalue weighted by Gasteiger charge is 2.07. The molecule has 1 aromatic carbocycles. The summed E-state index contributed by atoms with van der Waals surface area (Å²) in [6.45, 7) is 0. The number of pyridine rings is 2. The summed E-state index contributed by atoms with van der Waals surface area (Å²) in [5, 5.41) is 23.5. The SMILES string of the molecule is O=[N+]([O-])c1ccc(N=NC(=NNc2ccc(Cl)cc2)c2ccccn2)nc1. The summed E-state index contributed by atoms with van der Waals surface area (Å²) in [6, 6.07) is 14.9. The number of rotatable bonds is 5. The van der Waals surface area contributed by atoms with Crippen molar-refractivity contribution in [2.75, 3.05) is 5.43 Å². The lowest BCUT2D eigenvalue weighted by Gasteiger charge is -2.03. The van der Waals surface area contributed by atoms with Gasteiger partial charge in [0, 0.05) is 17.3 Å². The van der Waals surface area contributed by atoms with Crippen LogP contribution >= 0.6 is 11.6 Å². The van der Waals surface area contributed by atoms with Crippen LogP contribution < -0.4 is 5.43 Å². The molecule has 2 heterocycles. The van der Waals surface area contributed by atoms with Gasteiger partial charge in [-0.2, -0.15) is 5.10 Å². The Hall–Kier alpha value is -3.72. The Balaban J connectivity index is 1.84. The molecule has 27 heavy (non-hydrogen) atoms. The average Bonchev–Trinajstić information content (AvgIpc) is 2.70. The van der Waals surface area contributed by atoms with Gasteiger partial charge in [-0.3, -0.25) is 20.5 Å². The number of nitrogens with zero attached hydrogens (tertiary/aromatic N) is 6. The minimum absolute atomic E-state index is 0.128. The first kappa shape index (κ1) is 18.1. The molecule has 0 aliphatic carbocycles. The molecular weight excluding hydrogens is 370 g/mol. The normalized spacial score (nSPS) is 11.5. The van der Waals surface area contributed by atoms with E-state index < -0.39 is 4.92 Å². The number of nitro groups is 1. The van der Waals surface area contributed by atoms with Crippen LogP contribution in [-0.2, 0) is 0 Å². The molecule has 0 bridgehead atoms. The first-order chi connectivity index (χ1) is 13.1. The number of benzene rings is 1. The van der Waals surface area contributed by atoms with E-state index in [0.717, 1.165) is 6.20 Å². The van der Waals surface area contributed by atoms with Crippen LogP contribution in [0.4, 0.5) is 17.2 Å². The molecule has 9 nitrogen and oxygen atoms in total. The van der Waals surface area contributed by atoms with Gasteiger partial charge in [-0.15, -0.1) is 10.2 Å². The molecule has 0 saturated heterocycles. The minimum Gasteiger partial charge on any atom is -0.276 e. The third-order valence-electron chi connectivity index (χ3n) is 3.22. The summed E-state index contributed by atoms with van der Waals surface area (Å²) in [4.78, 5) is 18.2. The fourth-order valence-electron chi connectivity index (χ4n) is 1.91. The third-order valence-corrected chi connectivity index (χ3v) is 3.47. The Morgan fingerprint density at radius 1 is 1.07 bits per heavy atom. The number of anilines is 1. The zero-order valence-electron chi connectivity index (χ0n) is 13.7. The molecule has 1 N–H and O–H groups in total. The number of hydrogen-bond acceptors (Lipinski definition) is 7. The third kappa shape index (κ3) is 5.13. The summed E-state index contributed by atoms with van der Waals surface area (Å²) in [7, 11) is 0. The van der Waals surface area contributed by atoms with Crippen LogP contribution in [0.3, 0.4) is 0 Å². The van der Waals surface area contributed by atoms with E-state index in [2.05, 4.69) is 30.7 Å². The number of hydrogen-bond donors (Lipinski definition) is 1. The second-order valence-corrected chi connectivity index (χ2v) is 5.54. The fraction of sp³-hybridized carbons (Fsp3) is 0. The lowest BCUT2D eigenvalue weighted by molar-refractivity contribution is -0.385. The highest BCUT2D eigenvalue weighted by molar-refractivity contribution is 6.30. The molecule has 3 aromatic rings. The molecule has 0 aliphatic rings. The van der Waals surface area contributed by atoms with Crippen LogP contribution in [0.5, 0.6) is 0 Å². The highest BCUT2D eigenvalue weighted by Crippen LogP contribution is 2.16. The number of aromatic nitrogens is 2. The maximum Gasteiger partial charge on any atom is 0.287 e.